The summed E-state index contributed by atoms with van der Waals surface area (Å²) in [6.45, 7) is 1.93. The Balaban J connectivity index is 2.32. The molecule has 0 aliphatic heterocycles. The van der Waals surface area contributed by atoms with Crippen LogP contribution >= 0.6 is 11.8 Å². The summed E-state index contributed by atoms with van der Waals surface area (Å²) in [4.78, 5) is 12.1. The fourth-order valence-corrected chi connectivity index (χ4v) is 1.81. The third kappa shape index (κ3) is 2.07. The number of rotatable bonds is 2. The van der Waals surface area contributed by atoms with Gasteiger partial charge in [0.1, 0.15) is 11.4 Å². The molecule has 0 unspecified atom stereocenters. The van der Waals surface area contributed by atoms with Gasteiger partial charge in [-0.05, 0) is 18.7 Å². The van der Waals surface area contributed by atoms with Crippen LogP contribution in [0.25, 0.3) is 0 Å². The van der Waals surface area contributed by atoms with Gasteiger partial charge in [-0.3, -0.25) is 0 Å². The average Bonchev–Trinajstić information content (AvgIpc) is 2.58. The van der Waals surface area contributed by atoms with Crippen LogP contribution in [0.2, 0.25) is 0 Å². The predicted octanol–water partition coefficient (Wildman–Crippen LogP) is 0.647. The van der Waals surface area contributed by atoms with Crippen molar-refractivity contribution in [3.8, 4) is 0 Å². The van der Waals surface area contributed by atoms with Crippen LogP contribution < -0.4 is 5.73 Å². The van der Waals surface area contributed by atoms with Crippen molar-refractivity contribution in [2.24, 2.45) is 7.05 Å². The van der Waals surface area contributed by atoms with Crippen LogP contribution in [-0.4, -0.2) is 24.7 Å². The standard InChI is InChI=1S/C8H10N6S/c1-5-3-10-7(9)13-6(5)15-8-11-4-12-14(8)2/h3-4H,1-2H3,(H2,9,10,13). The summed E-state index contributed by atoms with van der Waals surface area (Å²) in [5.74, 6) is 0.269. The van der Waals surface area contributed by atoms with Gasteiger partial charge in [0.15, 0.2) is 5.16 Å². The second kappa shape index (κ2) is 3.85. The van der Waals surface area contributed by atoms with Crippen molar-refractivity contribution in [3.63, 3.8) is 0 Å². The van der Waals surface area contributed by atoms with Crippen molar-refractivity contribution in [1.29, 1.82) is 0 Å². The van der Waals surface area contributed by atoms with Gasteiger partial charge in [-0.15, -0.1) is 0 Å². The minimum atomic E-state index is 0.269. The Morgan fingerprint density at radius 3 is 2.87 bits per heavy atom. The van der Waals surface area contributed by atoms with Crippen LogP contribution in [0.15, 0.2) is 22.7 Å². The monoisotopic (exact) mass is 222 g/mol. The Hall–Kier alpha value is -1.63. The summed E-state index contributed by atoms with van der Waals surface area (Å²) in [7, 11) is 1.83. The van der Waals surface area contributed by atoms with Crippen LogP contribution in [0.5, 0.6) is 0 Å². The maximum atomic E-state index is 5.52. The summed E-state index contributed by atoms with van der Waals surface area (Å²) in [6.07, 6.45) is 3.20. The zero-order valence-corrected chi connectivity index (χ0v) is 9.19. The van der Waals surface area contributed by atoms with Gasteiger partial charge in [0.25, 0.3) is 0 Å². The van der Waals surface area contributed by atoms with Crippen molar-refractivity contribution in [2.75, 3.05) is 5.73 Å². The Morgan fingerprint density at radius 1 is 1.40 bits per heavy atom. The van der Waals surface area contributed by atoms with E-state index in [1.165, 1.54) is 18.1 Å². The van der Waals surface area contributed by atoms with Crippen molar-refractivity contribution >= 4 is 17.7 Å². The first kappa shape index (κ1) is 9.91. The van der Waals surface area contributed by atoms with Crippen LogP contribution in [0.1, 0.15) is 5.56 Å². The molecule has 2 rings (SSSR count). The molecule has 2 heterocycles. The molecule has 0 saturated carbocycles. The molecule has 0 aliphatic carbocycles. The van der Waals surface area contributed by atoms with E-state index in [2.05, 4.69) is 20.1 Å². The molecule has 7 heteroatoms. The molecule has 0 aliphatic rings. The highest BCUT2D eigenvalue weighted by molar-refractivity contribution is 7.99. The van der Waals surface area contributed by atoms with E-state index < -0.39 is 0 Å². The number of aromatic nitrogens is 5. The molecule has 0 saturated heterocycles. The van der Waals surface area contributed by atoms with Crippen molar-refractivity contribution in [1.82, 2.24) is 24.7 Å². The van der Waals surface area contributed by atoms with E-state index in [9.17, 15) is 0 Å². The fraction of sp³-hybridized carbons (Fsp3) is 0.250. The molecule has 0 amide bonds. The molecule has 0 fully saturated rings. The van der Waals surface area contributed by atoms with E-state index >= 15 is 0 Å². The average molecular weight is 222 g/mol. The van der Waals surface area contributed by atoms with Gasteiger partial charge in [0, 0.05) is 18.8 Å². The van der Waals surface area contributed by atoms with Gasteiger partial charge in [-0.1, -0.05) is 0 Å². The van der Waals surface area contributed by atoms with Crippen LogP contribution in [-0.2, 0) is 7.05 Å². The number of hydrogen-bond acceptors (Lipinski definition) is 6. The molecular formula is C8H10N6S. The zero-order valence-electron chi connectivity index (χ0n) is 8.38. The second-order valence-electron chi connectivity index (χ2n) is 2.98. The van der Waals surface area contributed by atoms with E-state index in [0.717, 1.165) is 15.7 Å². The highest BCUT2D eigenvalue weighted by atomic mass is 32.2. The van der Waals surface area contributed by atoms with Crippen LogP contribution in [0.4, 0.5) is 5.95 Å². The molecule has 78 valence electrons. The first-order valence-corrected chi connectivity index (χ1v) is 5.09. The highest BCUT2D eigenvalue weighted by Gasteiger charge is 2.08. The first-order chi connectivity index (χ1) is 7.16. The van der Waals surface area contributed by atoms with Crippen molar-refractivity contribution < 1.29 is 0 Å². The maximum absolute atomic E-state index is 5.52. The summed E-state index contributed by atoms with van der Waals surface area (Å²) in [6, 6.07) is 0. The lowest BCUT2D eigenvalue weighted by Gasteiger charge is -2.03. The second-order valence-corrected chi connectivity index (χ2v) is 3.94. The lowest BCUT2D eigenvalue weighted by atomic mass is 10.4. The van der Waals surface area contributed by atoms with Gasteiger partial charge in [-0.25, -0.2) is 19.6 Å². The summed E-state index contributed by atoms with van der Waals surface area (Å²) >= 11 is 1.42. The van der Waals surface area contributed by atoms with E-state index in [-0.39, 0.29) is 5.95 Å². The number of nitrogen functional groups attached to an aromatic ring is 1. The Bertz CT molecular complexity index is 480. The molecule has 0 atom stereocenters. The molecule has 2 aromatic rings. The smallest absolute Gasteiger partial charge is 0.221 e. The Labute approximate surface area is 90.9 Å². The molecule has 0 radical (unpaired) electrons. The van der Waals surface area contributed by atoms with Crippen molar-refractivity contribution in [2.45, 2.75) is 17.1 Å². The topological polar surface area (TPSA) is 82.5 Å². The van der Waals surface area contributed by atoms with Crippen LogP contribution in [0, 0.1) is 6.92 Å². The maximum Gasteiger partial charge on any atom is 0.221 e. The number of hydrogen-bond donors (Lipinski definition) is 1. The van der Waals surface area contributed by atoms with E-state index in [1.807, 2.05) is 14.0 Å². The normalized spacial score (nSPS) is 10.5. The third-order valence-electron chi connectivity index (χ3n) is 1.80. The van der Waals surface area contributed by atoms with Gasteiger partial charge in [0.2, 0.25) is 5.95 Å². The molecule has 6 nitrogen and oxygen atoms in total. The number of nitrogens with two attached hydrogens (primary N) is 1. The molecule has 0 spiro atoms. The lowest BCUT2D eigenvalue weighted by Crippen LogP contribution is -1.99. The van der Waals surface area contributed by atoms with Crippen LogP contribution in [0.3, 0.4) is 0 Å². The summed E-state index contributed by atoms with van der Waals surface area (Å²) < 4.78 is 1.68. The molecule has 0 bridgehead atoms. The SMILES string of the molecule is Cc1cnc(N)nc1Sc1ncnn1C. The minimum absolute atomic E-state index is 0.269. The fourth-order valence-electron chi connectivity index (χ4n) is 1.01. The molecule has 2 aromatic heterocycles. The molecule has 15 heavy (non-hydrogen) atoms. The Kier molecular flexibility index (Phi) is 2.55. The van der Waals surface area contributed by atoms with E-state index in [1.54, 1.807) is 10.9 Å². The molecule has 2 N–H and O–H groups in total. The molecular weight excluding hydrogens is 212 g/mol. The molecule has 0 aromatic carbocycles. The Morgan fingerprint density at radius 2 is 2.20 bits per heavy atom. The highest BCUT2D eigenvalue weighted by Crippen LogP contribution is 2.25. The number of anilines is 1. The predicted molar refractivity (Wildman–Crippen MR) is 56.3 cm³/mol. The van der Waals surface area contributed by atoms with Crippen molar-refractivity contribution in [3.05, 3.63) is 18.1 Å². The van der Waals surface area contributed by atoms with Gasteiger partial charge in [0.05, 0.1) is 0 Å². The van der Waals surface area contributed by atoms with Gasteiger partial charge in [-0.2, -0.15) is 5.10 Å². The summed E-state index contributed by atoms with van der Waals surface area (Å²) in [5, 5.41) is 5.55. The number of aryl methyl sites for hydroxylation is 2. The van der Waals surface area contributed by atoms with E-state index in [0.29, 0.717) is 0 Å². The number of nitrogens with zero attached hydrogens (tertiary/aromatic N) is 5. The van der Waals surface area contributed by atoms with Gasteiger partial charge < -0.3 is 5.73 Å². The lowest BCUT2D eigenvalue weighted by molar-refractivity contribution is 0.684. The largest absolute Gasteiger partial charge is 0.368 e. The zero-order chi connectivity index (χ0) is 10.8. The van der Waals surface area contributed by atoms with Gasteiger partial charge >= 0.3 is 0 Å². The summed E-state index contributed by atoms with van der Waals surface area (Å²) in [5.41, 5.74) is 6.49. The minimum Gasteiger partial charge on any atom is -0.368 e. The van der Waals surface area contributed by atoms with E-state index in [4.69, 9.17) is 5.73 Å². The first-order valence-electron chi connectivity index (χ1n) is 4.28. The quantitative estimate of drug-likeness (QED) is 0.751. The third-order valence-corrected chi connectivity index (χ3v) is 2.96.